The molecule has 0 fully saturated rings. The second kappa shape index (κ2) is 7.29. The number of nitrogens with zero attached hydrogens (tertiary/aromatic N) is 1. The highest BCUT2D eigenvalue weighted by Crippen LogP contribution is 2.22. The van der Waals surface area contributed by atoms with Crippen molar-refractivity contribution in [2.45, 2.75) is 27.2 Å². The molecule has 17 heavy (non-hydrogen) atoms. The number of rotatable bonds is 7. The van der Waals surface area contributed by atoms with Gasteiger partial charge in [0.2, 0.25) is 0 Å². The summed E-state index contributed by atoms with van der Waals surface area (Å²) in [6.45, 7) is 9.01. The monoisotopic (exact) mass is 317 g/mol. The van der Waals surface area contributed by atoms with Gasteiger partial charge in [0.1, 0.15) is 0 Å². The molecule has 0 saturated heterocycles. The predicted octanol–water partition coefficient (Wildman–Crippen LogP) is 4.06. The lowest BCUT2D eigenvalue weighted by molar-refractivity contribution is 0.0928. The zero-order chi connectivity index (χ0) is 12.8. The van der Waals surface area contributed by atoms with Crippen molar-refractivity contribution in [3.05, 3.63) is 20.8 Å². The number of hydrogen-bond acceptors (Lipinski definition) is 3. The molecule has 0 spiro atoms. The molecule has 1 heterocycles. The Morgan fingerprint density at radius 3 is 2.65 bits per heavy atom. The molecule has 0 aliphatic heterocycles. The van der Waals surface area contributed by atoms with E-state index in [0.717, 1.165) is 28.2 Å². The van der Waals surface area contributed by atoms with Gasteiger partial charge in [0.15, 0.2) is 5.78 Å². The predicted molar refractivity (Wildman–Crippen MR) is 77.9 cm³/mol. The van der Waals surface area contributed by atoms with Gasteiger partial charge in [-0.15, -0.1) is 11.3 Å². The fraction of sp³-hybridized carbons (Fsp3) is 0.615. The van der Waals surface area contributed by atoms with Gasteiger partial charge in [0, 0.05) is 6.54 Å². The van der Waals surface area contributed by atoms with Crippen LogP contribution in [0.4, 0.5) is 0 Å². The smallest absolute Gasteiger partial charge is 0.186 e. The van der Waals surface area contributed by atoms with Gasteiger partial charge in [0.05, 0.1) is 15.2 Å². The summed E-state index contributed by atoms with van der Waals surface area (Å²) in [7, 11) is 0. The maximum atomic E-state index is 12.0. The first kappa shape index (κ1) is 14.9. The van der Waals surface area contributed by atoms with Crippen LogP contribution in [0.15, 0.2) is 15.9 Å². The third-order valence-corrected chi connectivity index (χ3v) is 4.59. The number of thiophene rings is 1. The topological polar surface area (TPSA) is 20.3 Å². The minimum Gasteiger partial charge on any atom is -0.296 e. The molecule has 0 N–H and O–H groups in total. The highest BCUT2D eigenvalue weighted by atomic mass is 79.9. The molecule has 0 amide bonds. The number of carbonyl (C=O) groups excluding carboxylic acids is 1. The molecule has 2 nitrogen and oxygen atoms in total. The van der Waals surface area contributed by atoms with Gasteiger partial charge in [-0.2, -0.15) is 0 Å². The first-order valence-electron chi connectivity index (χ1n) is 6.07. The minimum atomic E-state index is 0.228. The average Bonchev–Trinajstić information content (AvgIpc) is 2.74. The van der Waals surface area contributed by atoms with Crippen molar-refractivity contribution in [2.24, 2.45) is 5.92 Å². The number of Topliss-reactive ketones (excluding diaryl/α,β-unsaturated/α-hetero) is 1. The van der Waals surface area contributed by atoms with Gasteiger partial charge in [-0.3, -0.25) is 9.69 Å². The van der Waals surface area contributed by atoms with Crippen LogP contribution in [-0.2, 0) is 0 Å². The maximum absolute atomic E-state index is 12.0. The van der Waals surface area contributed by atoms with Crippen LogP contribution in [0, 0.1) is 5.92 Å². The molecule has 0 radical (unpaired) electrons. The second-order valence-electron chi connectivity index (χ2n) is 4.37. The van der Waals surface area contributed by atoms with E-state index in [-0.39, 0.29) is 5.78 Å². The lowest BCUT2D eigenvalue weighted by Gasteiger charge is -2.22. The number of hydrogen-bond donors (Lipinski definition) is 0. The molecule has 1 atom stereocenters. The summed E-state index contributed by atoms with van der Waals surface area (Å²) in [5.74, 6) is 0.878. The Bertz CT molecular complexity index is 364. The Labute approximate surface area is 116 Å². The highest BCUT2D eigenvalue weighted by molar-refractivity contribution is 9.11. The molecule has 0 aliphatic rings. The minimum absolute atomic E-state index is 0.228. The third kappa shape index (κ3) is 4.90. The van der Waals surface area contributed by atoms with E-state index in [2.05, 4.69) is 41.6 Å². The largest absolute Gasteiger partial charge is 0.296 e. The van der Waals surface area contributed by atoms with Crippen molar-refractivity contribution < 1.29 is 4.79 Å². The lowest BCUT2D eigenvalue weighted by atomic mass is 10.1. The first-order valence-corrected chi connectivity index (χ1v) is 7.68. The molecular weight excluding hydrogens is 298 g/mol. The van der Waals surface area contributed by atoms with Crippen molar-refractivity contribution in [3.63, 3.8) is 0 Å². The van der Waals surface area contributed by atoms with Crippen molar-refractivity contribution in [1.82, 2.24) is 4.90 Å². The molecule has 0 aliphatic carbocycles. The van der Waals surface area contributed by atoms with Gasteiger partial charge < -0.3 is 0 Å². The molecule has 1 rings (SSSR count). The molecule has 0 saturated carbocycles. The van der Waals surface area contributed by atoms with E-state index in [9.17, 15) is 4.79 Å². The van der Waals surface area contributed by atoms with E-state index in [4.69, 9.17) is 0 Å². The third-order valence-electron chi connectivity index (χ3n) is 2.93. The molecule has 4 heteroatoms. The molecule has 0 bridgehead atoms. The molecular formula is C13H20BrNOS. The Morgan fingerprint density at radius 1 is 1.47 bits per heavy atom. The van der Waals surface area contributed by atoms with Gasteiger partial charge >= 0.3 is 0 Å². The molecule has 0 aromatic carbocycles. The number of carbonyl (C=O) groups is 1. The highest BCUT2D eigenvalue weighted by Gasteiger charge is 2.14. The zero-order valence-corrected chi connectivity index (χ0v) is 13.1. The van der Waals surface area contributed by atoms with Gasteiger partial charge in [-0.25, -0.2) is 0 Å². The van der Waals surface area contributed by atoms with E-state index < -0.39 is 0 Å². The number of halogens is 1. The van der Waals surface area contributed by atoms with Crippen LogP contribution in [0.3, 0.4) is 0 Å². The molecule has 1 aromatic rings. The first-order chi connectivity index (χ1) is 8.06. The quantitative estimate of drug-likeness (QED) is 0.707. The van der Waals surface area contributed by atoms with Crippen LogP contribution < -0.4 is 0 Å². The lowest BCUT2D eigenvalue weighted by Crippen LogP contribution is -2.33. The van der Waals surface area contributed by atoms with Gasteiger partial charge in [-0.05, 0) is 40.5 Å². The van der Waals surface area contributed by atoms with Crippen LogP contribution >= 0.6 is 27.3 Å². The van der Waals surface area contributed by atoms with Crippen molar-refractivity contribution in [1.29, 1.82) is 0 Å². The van der Waals surface area contributed by atoms with E-state index in [1.165, 1.54) is 11.3 Å². The van der Waals surface area contributed by atoms with Crippen LogP contribution in [0.2, 0.25) is 0 Å². The fourth-order valence-electron chi connectivity index (χ4n) is 1.62. The Morgan fingerprint density at radius 2 is 2.18 bits per heavy atom. The summed E-state index contributed by atoms with van der Waals surface area (Å²) >= 11 is 4.90. The van der Waals surface area contributed by atoms with Crippen LogP contribution in [-0.4, -0.2) is 30.3 Å². The van der Waals surface area contributed by atoms with E-state index in [1.54, 1.807) is 0 Å². The van der Waals surface area contributed by atoms with Crippen LogP contribution in [0.1, 0.15) is 36.9 Å². The second-order valence-corrected chi connectivity index (χ2v) is 6.83. The summed E-state index contributed by atoms with van der Waals surface area (Å²) in [5.41, 5.74) is 0. The Balaban J connectivity index is 2.53. The SMILES string of the molecule is CCC(C)CN(CC)CC(=O)c1ccc(Br)s1. The fourth-order valence-corrected chi connectivity index (χ4v) is 2.94. The summed E-state index contributed by atoms with van der Waals surface area (Å²) in [4.78, 5) is 15.1. The van der Waals surface area contributed by atoms with E-state index in [1.807, 2.05) is 12.1 Å². The average molecular weight is 318 g/mol. The summed E-state index contributed by atoms with van der Waals surface area (Å²) in [6.07, 6.45) is 1.16. The van der Waals surface area contributed by atoms with E-state index in [0.29, 0.717) is 12.5 Å². The maximum Gasteiger partial charge on any atom is 0.186 e. The zero-order valence-electron chi connectivity index (χ0n) is 10.7. The summed E-state index contributed by atoms with van der Waals surface area (Å²) in [5, 5.41) is 0. The standard InChI is InChI=1S/C13H20BrNOS/c1-4-10(3)8-15(5-2)9-11(16)12-6-7-13(14)17-12/h6-7,10H,4-5,8-9H2,1-3H3. The Hall–Kier alpha value is -0.190. The van der Waals surface area contributed by atoms with Crippen molar-refractivity contribution in [2.75, 3.05) is 19.6 Å². The number of ketones is 1. The Kier molecular flexibility index (Phi) is 6.38. The normalized spacial score (nSPS) is 13.0. The molecule has 1 unspecified atom stereocenters. The van der Waals surface area contributed by atoms with Gasteiger partial charge in [0.25, 0.3) is 0 Å². The van der Waals surface area contributed by atoms with Crippen LogP contribution in [0.25, 0.3) is 0 Å². The van der Waals surface area contributed by atoms with E-state index >= 15 is 0 Å². The number of likely N-dealkylation sites (N-methyl/N-ethyl adjacent to an activating group) is 1. The summed E-state index contributed by atoms with van der Waals surface area (Å²) in [6, 6.07) is 3.83. The van der Waals surface area contributed by atoms with Crippen LogP contribution in [0.5, 0.6) is 0 Å². The van der Waals surface area contributed by atoms with Gasteiger partial charge in [-0.1, -0.05) is 27.2 Å². The molecule has 1 aromatic heterocycles. The molecule has 96 valence electrons. The van der Waals surface area contributed by atoms with Crippen molar-refractivity contribution >= 4 is 33.0 Å². The van der Waals surface area contributed by atoms with Crippen molar-refractivity contribution in [3.8, 4) is 0 Å². The summed E-state index contributed by atoms with van der Waals surface area (Å²) < 4.78 is 1.02.